The van der Waals surface area contributed by atoms with Gasteiger partial charge in [-0.15, -0.1) is 0 Å². The molecule has 0 fully saturated rings. The number of ether oxygens (including phenoxy) is 1. The van der Waals surface area contributed by atoms with Crippen molar-refractivity contribution in [2.24, 2.45) is 11.5 Å². The van der Waals surface area contributed by atoms with Crippen LogP contribution in [0.25, 0.3) is 0 Å². The minimum Gasteiger partial charge on any atom is -0.394 e. The molecule has 0 aliphatic heterocycles. The Bertz CT molecular complexity index is 947. The van der Waals surface area contributed by atoms with E-state index in [4.69, 9.17) is 16.2 Å². The van der Waals surface area contributed by atoms with Crippen LogP contribution in [0.3, 0.4) is 0 Å². The molecule has 1 atom stereocenters. The van der Waals surface area contributed by atoms with E-state index in [9.17, 15) is 15.3 Å². The minimum atomic E-state index is -0.864. The standard InChI is InChI=1S/C20H35NO2.C19H33NO2/c1-3-4-5-6-7-8-9-18-10-12-19(13-11-18)14-15-20(21,16-22)17-23-2;1-2-3-4-5-6-7-8-17-9-11-18(12-10-17)13-14-19(20,15-21)16-22/h10-13,22H,3-9,14-17,21H2,1-2H3;9-12,21-22H,2-8,13-16,20H2,1H3. The second-order valence-corrected chi connectivity index (χ2v) is 13.3. The summed E-state index contributed by atoms with van der Waals surface area (Å²) in [5.41, 5.74) is 15.8. The Balaban J connectivity index is 0.000000450. The fraction of sp³-hybridized carbons (Fsp3) is 0.692. The van der Waals surface area contributed by atoms with Crippen LogP contribution < -0.4 is 11.5 Å². The molecule has 6 heteroatoms. The van der Waals surface area contributed by atoms with Crippen molar-refractivity contribution in [3.05, 3.63) is 70.8 Å². The van der Waals surface area contributed by atoms with Crippen molar-refractivity contribution < 1.29 is 20.1 Å². The lowest BCUT2D eigenvalue weighted by atomic mass is 9.93. The highest BCUT2D eigenvalue weighted by molar-refractivity contribution is 5.24. The quantitative estimate of drug-likeness (QED) is 0.0751. The fourth-order valence-electron chi connectivity index (χ4n) is 5.44. The molecule has 0 saturated heterocycles. The smallest absolute Gasteiger partial charge is 0.0665 e. The van der Waals surface area contributed by atoms with Gasteiger partial charge in [-0.05, 0) is 73.6 Å². The van der Waals surface area contributed by atoms with Crippen molar-refractivity contribution in [1.29, 1.82) is 0 Å². The van der Waals surface area contributed by atoms with Gasteiger partial charge in [0.1, 0.15) is 0 Å². The number of hydrogen-bond donors (Lipinski definition) is 5. The van der Waals surface area contributed by atoms with E-state index in [-0.39, 0.29) is 19.8 Å². The summed E-state index contributed by atoms with van der Waals surface area (Å²) in [6.07, 6.45) is 21.3. The predicted octanol–water partition coefficient (Wildman–Crippen LogP) is 7.06. The Morgan fingerprint density at radius 3 is 1.13 bits per heavy atom. The van der Waals surface area contributed by atoms with Gasteiger partial charge < -0.3 is 31.5 Å². The molecule has 0 amide bonds. The molecule has 6 nitrogen and oxygen atoms in total. The Hall–Kier alpha value is -1.80. The molecule has 1 unspecified atom stereocenters. The fourth-order valence-corrected chi connectivity index (χ4v) is 5.44. The average Bonchev–Trinajstić information content (AvgIpc) is 3.07. The first kappa shape index (κ1) is 41.2. The van der Waals surface area contributed by atoms with Crippen molar-refractivity contribution in [3.63, 3.8) is 0 Å². The number of aryl methyl sites for hydroxylation is 4. The van der Waals surface area contributed by atoms with E-state index in [0.29, 0.717) is 13.0 Å². The van der Waals surface area contributed by atoms with Crippen LogP contribution in [-0.2, 0) is 30.4 Å². The molecular weight excluding hydrogens is 560 g/mol. The number of benzene rings is 2. The van der Waals surface area contributed by atoms with E-state index in [1.807, 2.05) is 0 Å². The predicted molar refractivity (Wildman–Crippen MR) is 191 cm³/mol. The van der Waals surface area contributed by atoms with Crippen LogP contribution in [0.2, 0.25) is 0 Å². The zero-order valence-electron chi connectivity index (χ0n) is 29.1. The van der Waals surface area contributed by atoms with Crippen molar-refractivity contribution in [3.8, 4) is 0 Å². The van der Waals surface area contributed by atoms with Crippen molar-refractivity contribution in [2.45, 2.75) is 141 Å². The monoisotopic (exact) mass is 629 g/mol. The van der Waals surface area contributed by atoms with Gasteiger partial charge in [0.25, 0.3) is 0 Å². The van der Waals surface area contributed by atoms with E-state index >= 15 is 0 Å². The Kier molecular flexibility index (Phi) is 23.2. The first-order chi connectivity index (χ1) is 21.8. The van der Waals surface area contributed by atoms with Crippen LogP contribution in [0.1, 0.15) is 126 Å². The number of unbranched alkanes of at least 4 members (excludes halogenated alkanes) is 10. The number of aliphatic hydroxyl groups is 3. The summed E-state index contributed by atoms with van der Waals surface area (Å²) in [5, 5.41) is 27.8. The molecule has 258 valence electrons. The molecular formula is C39H68N2O4. The summed E-state index contributed by atoms with van der Waals surface area (Å²) >= 11 is 0. The Morgan fingerprint density at radius 1 is 0.489 bits per heavy atom. The van der Waals surface area contributed by atoms with Gasteiger partial charge in [0.15, 0.2) is 0 Å². The normalized spacial score (nSPS) is 12.9. The van der Waals surface area contributed by atoms with Gasteiger partial charge in [-0.1, -0.05) is 127 Å². The van der Waals surface area contributed by atoms with Gasteiger partial charge in [0, 0.05) is 7.11 Å². The molecule has 0 bridgehead atoms. The van der Waals surface area contributed by atoms with E-state index in [2.05, 4.69) is 62.4 Å². The largest absolute Gasteiger partial charge is 0.394 e. The molecule has 7 N–H and O–H groups in total. The zero-order valence-corrected chi connectivity index (χ0v) is 29.1. The van der Waals surface area contributed by atoms with Crippen molar-refractivity contribution >= 4 is 0 Å². The molecule has 45 heavy (non-hydrogen) atoms. The van der Waals surface area contributed by atoms with Gasteiger partial charge in [-0.25, -0.2) is 0 Å². The van der Waals surface area contributed by atoms with E-state index in [1.54, 1.807) is 7.11 Å². The topological polar surface area (TPSA) is 122 Å². The van der Waals surface area contributed by atoms with Crippen molar-refractivity contribution in [2.75, 3.05) is 33.5 Å². The first-order valence-electron chi connectivity index (χ1n) is 17.8. The van der Waals surface area contributed by atoms with E-state index in [0.717, 1.165) is 25.7 Å². The maximum Gasteiger partial charge on any atom is 0.0665 e. The summed E-state index contributed by atoms with van der Waals surface area (Å²) in [4.78, 5) is 0. The highest BCUT2D eigenvalue weighted by Gasteiger charge is 2.24. The third-order valence-corrected chi connectivity index (χ3v) is 8.88. The lowest BCUT2D eigenvalue weighted by Gasteiger charge is -2.26. The summed E-state index contributed by atoms with van der Waals surface area (Å²) < 4.78 is 5.10. The van der Waals surface area contributed by atoms with Gasteiger partial charge in [0.2, 0.25) is 0 Å². The van der Waals surface area contributed by atoms with Crippen LogP contribution in [0.15, 0.2) is 48.5 Å². The third-order valence-electron chi connectivity index (χ3n) is 8.88. The van der Waals surface area contributed by atoms with Gasteiger partial charge in [0.05, 0.1) is 37.5 Å². The maximum absolute atomic E-state index is 9.41. The molecule has 2 aromatic rings. The zero-order chi connectivity index (χ0) is 33.2. The van der Waals surface area contributed by atoms with Gasteiger partial charge >= 0.3 is 0 Å². The Labute approximate surface area is 276 Å². The number of rotatable bonds is 25. The second-order valence-electron chi connectivity index (χ2n) is 13.3. The summed E-state index contributed by atoms with van der Waals surface area (Å²) in [6, 6.07) is 17.5. The summed E-state index contributed by atoms with van der Waals surface area (Å²) in [6.45, 7) is 4.49. The maximum atomic E-state index is 9.41. The van der Waals surface area contributed by atoms with E-state index in [1.165, 1.54) is 106 Å². The minimum absolute atomic E-state index is 0.0447. The number of nitrogens with two attached hydrogens (primary N) is 2. The third kappa shape index (κ3) is 19.5. The highest BCUT2D eigenvalue weighted by atomic mass is 16.5. The van der Waals surface area contributed by atoms with Crippen LogP contribution in [0, 0.1) is 0 Å². The molecule has 0 aliphatic carbocycles. The van der Waals surface area contributed by atoms with Crippen LogP contribution in [-0.4, -0.2) is 59.9 Å². The second kappa shape index (κ2) is 25.3. The van der Waals surface area contributed by atoms with E-state index < -0.39 is 11.1 Å². The molecule has 0 aromatic heterocycles. The summed E-state index contributed by atoms with van der Waals surface area (Å²) in [5.74, 6) is 0. The molecule has 0 saturated carbocycles. The van der Waals surface area contributed by atoms with Gasteiger partial charge in [-0.3, -0.25) is 0 Å². The molecule has 0 aliphatic rings. The molecule has 2 aromatic carbocycles. The average molecular weight is 629 g/mol. The lowest BCUT2D eigenvalue weighted by Crippen LogP contribution is -2.48. The number of aliphatic hydroxyl groups excluding tert-OH is 3. The van der Waals surface area contributed by atoms with Crippen LogP contribution in [0.4, 0.5) is 0 Å². The molecule has 0 spiro atoms. The summed E-state index contributed by atoms with van der Waals surface area (Å²) in [7, 11) is 1.62. The molecule has 0 heterocycles. The lowest BCUT2D eigenvalue weighted by molar-refractivity contribution is 0.0817. The number of hydrogen-bond acceptors (Lipinski definition) is 6. The SMILES string of the molecule is CCCCCCCCc1ccc(CCC(N)(CO)CO)cc1.CCCCCCCCc1ccc(CCC(N)(CO)COC)cc1. The van der Waals surface area contributed by atoms with Gasteiger partial charge in [-0.2, -0.15) is 0 Å². The number of methoxy groups -OCH3 is 1. The van der Waals surface area contributed by atoms with Crippen LogP contribution >= 0.6 is 0 Å². The molecule has 2 rings (SSSR count). The van der Waals surface area contributed by atoms with Crippen LogP contribution in [0.5, 0.6) is 0 Å². The van der Waals surface area contributed by atoms with Crippen molar-refractivity contribution in [1.82, 2.24) is 0 Å². The first-order valence-corrected chi connectivity index (χ1v) is 17.8. The molecule has 0 radical (unpaired) electrons. The highest BCUT2D eigenvalue weighted by Crippen LogP contribution is 2.17. The Morgan fingerprint density at radius 2 is 0.800 bits per heavy atom.